The Morgan fingerprint density at radius 2 is 2.03 bits per heavy atom. The highest BCUT2D eigenvalue weighted by Crippen LogP contribution is 2.29. The van der Waals surface area contributed by atoms with Gasteiger partial charge >= 0.3 is 0 Å². The Morgan fingerprint density at radius 1 is 1.19 bits per heavy atom. The fourth-order valence-corrected chi connectivity index (χ4v) is 3.69. The molecule has 0 aliphatic carbocycles. The average Bonchev–Trinajstić information content (AvgIpc) is 3.26. The fourth-order valence-electron chi connectivity index (χ4n) is 3.69. The lowest BCUT2D eigenvalue weighted by Gasteiger charge is -2.34. The number of piperidine rings is 1. The first-order valence-corrected chi connectivity index (χ1v) is 10.00. The van der Waals surface area contributed by atoms with Gasteiger partial charge in [0.2, 0.25) is 17.6 Å². The van der Waals surface area contributed by atoms with Crippen LogP contribution in [0, 0.1) is 17.5 Å². The first kappa shape index (κ1) is 21.0. The van der Waals surface area contributed by atoms with Gasteiger partial charge in [-0.25, -0.2) is 13.2 Å². The van der Waals surface area contributed by atoms with Crippen LogP contribution in [0.2, 0.25) is 0 Å². The van der Waals surface area contributed by atoms with Crippen LogP contribution in [0.5, 0.6) is 0 Å². The van der Waals surface area contributed by atoms with Crippen LogP contribution in [0.4, 0.5) is 18.9 Å². The molecule has 2 unspecified atom stereocenters. The fraction of sp³-hybridized carbons (Fsp3) is 0.318. The zero-order chi connectivity index (χ0) is 22.0. The molecule has 3 aromatic rings. The van der Waals surface area contributed by atoms with E-state index in [9.17, 15) is 18.0 Å². The molecular formula is C22H21F3N4O2. The van der Waals surface area contributed by atoms with Gasteiger partial charge in [-0.05, 0) is 50.6 Å². The number of carbonyl (C=O) groups excluding carboxylic acids is 1. The van der Waals surface area contributed by atoms with Crippen molar-refractivity contribution in [3.63, 3.8) is 0 Å². The van der Waals surface area contributed by atoms with E-state index in [1.165, 1.54) is 18.2 Å². The third-order valence-electron chi connectivity index (χ3n) is 5.44. The molecule has 162 valence electrons. The lowest BCUT2D eigenvalue weighted by Crippen LogP contribution is -2.46. The summed E-state index contributed by atoms with van der Waals surface area (Å²) in [4.78, 5) is 19.0. The Morgan fingerprint density at radius 3 is 2.81 bits per heavy atom. The van der Waals surface area contributed by atoms with E-state index in [1.54, 1.807) is 19.1 Å². The number of likely N-dealkylation sites (tertiary alicyclic amines) is 1. The lowest BCUT2D eigenvalue weighted by atomic mass is 9.96. The number of amides is 1. The Kier molecular flexibility index (Phi) is 6.03. The van der Waals surface area contributed by atoms with Gasteiger partial charge < -0.3 is 9.84 Å². The van der Waals surface area contributed by atoms with Crippen molar-refractivity contribution in [2.45, 2.75) is 31.7 Å². The zero-order valence-corrected chi connectivity index (χ0v) is 16.8. The minimum absolute atomic E-state index is 0.0675. The molecule has 1 aliphatic heterocycles. The van der Waals surface area contributed by atoms with Crippen LogP contribution >= 0.6 is 0 Å². The molecule has 0 saturated carbocycles. The van der Waals surface area contributed by atoms with Gasteiger partial charge in [-0.2, -0.15) is 4.98 Å². The summed E-state index contributed by atoms with van der Waals surface area (Å²) in [7, 11) is 0. The molecule has 1 amide bonds. The second kappa shape index (κ2) is 8.89. The molecule has 4 rings (SSSR count). The van der Waals surface area contributed by atoms with Crippen molar-refractivity contribution in [1.82, 2.24) is 15.0 Å². The number of carbonyl (C=O) groups is 1. The standard InChI is InChI=1S/C22H21F3N4O2/c1-13(21(30)26-17-7-8-18(24)19(25)11-17)29-9-3-5-15(12-29)22-27-20(28-31-22)14-4-2-6-16(23)10-14/h2,4,6-8,10-11,13,15H,3,5,9,12H2,1H3,(H,26,30). The van der Waals surface area contributed by atoms with Gasteiger partial charge in [0.15, 0.2) is 11.6 Å². The quantitative estimate of drug-likeness (QED) is 0.651. The highest BCUT2D eigenvalue weighted by atomic mass is 19.2. The van der Waals surface area contributed by atoms with Gasteiger partial charge in [0.1, 0.15) is 5.82 Å². The zero-order valence-electron chi connectivity index (χ0n) is 16.8. The molecule has 1 saturated heterocycles. The van der Waals surface area contributed by atoms with E-state index >= 15 is 0 Å². The van der Waals surface area contributed by atoms with Gasteiger partial charge in [-0.3, -0.25) is 9.69 Å². The Bertz CT molecular complexity index is 1090. The van der Waals surface area contributed by atoms with E-state index in [1.807, 2.05) is 4.90 Å². The van der Waals surface area contributed by atoms with E-state index in [0.717, 1.165) is 25.0 Å². The van der Waals surface area contributed by atoms with Crippen molar-refractivity contribution in [2.75, 3.05) is 18.4 Å². The van der Waals surface area contributed by atoms with Gasteiger partial charge in [-0.15, -0.1) is 0 Å². The van der Waals surface area contributed by atoms with Crippen molar-refractivity contribution >= 4 is 11.6 Å². The van der Waals surface area contributed by atoms with Gasteiger partial charge in [0.05, 0.1) is 12.0 Å². The van der Waals surface area contributed by atoms with Crippen LogP contribution in [0.25, 0.3) is 11.4 Å². The number of hydrogen-bond acceptors (Lipinski definition) is 5. The molecule has 1 N–H and O–H groups in total. The molecule has 9 heteroatoms. The summed E-state index contributed by atoms with van der Waals surface area (Å²) < 4.78 is 45.4. The first-order chi connectivity index (χ1) is 14.9. The predicted molar refractivity (Wildman–Crippen MR) is 108 cm³/mol. The molecular weight excluding hydrogens is 409 g/mol. The van der Waals surface area contributed by atoms with Gasteiger partial charge in [-0.1, -0.05) is 17.3 Å². The van der Waals surface area contributed by atoms with Crippen LogP contribution in [-0.4, -0.2) is 40.1 Å². The summed E-state index contributed by atoms with van der Waals surface area (Å²) in [6.07, 6.45) is 1.64. The lowest BCUT2D eigenvalue weighted by molar-refractivity contribution is -0.121. The average molecular weight is 430 g/mol. The normalized spacial score (nSPS) is 18.0. The van der Waals surface area contributed by atoms with E-state index in [0.29, 0.717) is 30.4 Å². The van der Waals surface area contributed by atoms with Crippen molar-refractivity contribution in [1.29, 1.82) is 0 Å². The summed E-state index contributed by atoms with van der Waals surface area (Å²) in [6.45, 7) is 2.98. The minimum atomic E-state index is -1.02. The smallest absolute Gasteiger partial charge is 0.241 e. The molecule has 0 radical (unpaired) electrons. The summed E-state index contributed by atoms with van der Waals surface area (Å²) in [5.74, 6) is -2.00. The maximum absolute atomic E-state index is 13.5. The van der Waals surface area contributed by atoms with Crippen molar-refractivity contribution < 1.29 is 22.5 Å². The molecule has 2 aromatic carbocycles. The number of anilines is 1. The third-order valence-corrected chi connectivity index (χ3v) is 5.44. The van der Waals surface area contributed by atoms with Crippen molar-refractivity contribution in [2.24, 2.45) is 0 Å². The maximum Gasteiger partial charge on any atom is 0.241 e. The second-order valence-corrected chi connectivity index (χ2v) is 7.59. The van der Waals surface area contributed by atoms with E-state index in [-0.39, 0.29) is 23.3 Å². The van der Waals surface area contributed by atoms with Crippen LogP contribution in [-0.2, 0) is 4.79 Å². The largest absolute Gasteiger partial charge is 0.339 e. The van der Waals surface area contributed by atoms with Crippen LogP contribution in [0.15, 0.2) is 47.0 Å². The van der Waals surface area contributed by atoms with E-state index < -0.39 is 17.7 Å². The monoisotopic (exact) mass is 430 g/mol. The number of rotatable bonds is 5. The topological polar surface area (TPSA) is 71.3 Å². The van der Waals surface area contributed by atoms with Crippen LogP contribution < -0.4 is 5.32 Å². The summed E-state index contributed by atoms with van der Waals surface area (Å²) in [6, 6.07) is 8.70. The maximum atomic E-state index is 13.5. The highest BCUT2D eigenvalue weighted by Gasteiger charge is 2.31. The van der Waals surface area contributed by atoms with Crippen LogP contribution in [0.1, 0.15) is 31.6 Å². The number of halogens is 3. The molecule has 2 atom stereocenters. The van der Waals surface area contributed by atoms with Crippen molar-refractivity contribution in [3.05, 3.63) is 65.8 Å². The molecule has 2 heterocycles. The van der Waals surface area contributed by atoms with E-state index in [2.05, 4.69) is 15.5 Å². The minimum Gasteiger partial charge on any atom is -0.339 e. The number of hydrogen-bond donors (Lipinski definition) is 1. The molecule has 6 nitrogen and oxygen atoms in total. The van der Waals surface area contributed by atoms with Crippen LogP contribution in [0.3, 0.4) is 0 Å². The van der Waals surface area contributed by atoms with Crippen molar-refractivity contribution in [3.8, 4) is 11.4 Å². The Balaban J connectivity index is 1.42. The summed E-state index contributed by atoms with van der Waals surface area (Å²) in [5.41, 5.74) is 0.725. The molecule has 1 aromatic heterocycles. The van der Waals surface area contributed by atoms with E-state index in [4.69, 9.17) is 4.52 Å². The molecule has 1 aliphatic rings. The second-order valence-electron chi connectivity index (χ2n) is 7.59. The first-order valence-electron chi connectivity index (χ1n) is 10.00. The summed E-state index contributed by atoms with van der Waals surface area (Å²) in [5, 5.41) is 6.58. The number of aromatic nitrogens is 2. The summed E-state index contributed by atoms with van der Waals surface area (Å²) >= 11 is 0. The molecule has 0 spiro atoms. The number of nitrogens with zero attached hydrogens (tertiary/aromatic N) is 3. The van der Waals surface area contributed by atoms with Gasteiger partial charge in [0, 0.05) is 23.9 Å². The molecule has 0 bridgehead atoms. The predicted octanol–water partition coefficient (Wildman–Crippen LogP) is 4.36. The Labute approximate surface area is 177 Å². The SMILES string of the molecule is CC(C(=O)Nc1ccc(F)c(F)c1)N1CCCC(c2nc(-c3cccc(F)c3)no2)C1. The highest BCUT2D eigenvalue weighted by molar-refractivity contribution is 5.94. The number of benzene rings is 2. The molecule has 31 heavy (non-hydrogen) atoms. The molecule has 1 fully saturated rings. The Hall–Kier alpha value is -3.20. The van der Waals surface area contributed by atoms with Gasteiger partial charge in [0.25, 0.3) is 0 Å². The third kappa shape index (κ3) is 4.77. The number of nitrogens with one attached hydrogen (secondary N) is 1.